The van der Waals surface area contributed by atoms with E-state index in [1.54, 1.807) is 26.0 Å². The lowest BCUT2D eigenvalue weighted by Gasteiger charge is -2.12. The van der Waals surface area contributed by atoms with Gasteiger partial charge in [-0.1, -0.05) is 42.5 Å². The van der Waals surface area contributed by atoms with Crippen LogP contribution in [0.15, 0.2) is 58.0 Å². The lowest BCUT2D eigenvalue weighted by atomic mass is 10.1. The second-order valence-corrected chi connectivity index (χ2v) is 8.56. The average Bonchev–Trinajstić information content (AvgIpc) is 3.41. The molecule has 1 atom stereocenters. The minimum Gasteiger partial charge on any atom is -0.480 e. The summed E-state index contributed by atoms with van der Waals surface area (Å²) in [7, 11) is 0. The number of hydrogen-bond acceptors (Lipinski definition) is 8. The van der Waals surface area contributed by atoms with Crippen molar-refractivity contribution in [2.45, 2.75) is 19.9 Å². The third kappa shape index (κ3) is 4.99. The van der Waals surface area contributed by atoms with E-state index in [2.05, 4.69) is 20.4 Å². The molecule has 4 aromatic rings. The quantitative estimate of drug-likeness (QED) is 0.174. The predicted molar refractivity (Wildman–Crippen MR) is 123 cm³/mol. The Morgan fingerprint density at radius 1 is 1.18 bits per heavy atom. The van der Waals surface area contributed by atoms with Crippen molar-refractivity contribution in [2.75, 3.05) is 5.32 Å². The summed E-state index contributed by atoms with van der Waals surface area (Å²) in [5.41, 5.74) is 4.60. The van der Waals surface area contributed by atoms with Gasteiger partial charge < -0.3 is 14.9 Å². The van der Waals surface area contributed by atoms with E-state index in [1.807, 2.05) is 29.7 Å². The molecule has 11 heteroatoms. The van der Waals surface area contributed by atoms with Crippen molar-refractivity contribution in [2.24, 2.45) is 10.9 Å². The summed E-state index contributed by atoms with van der Waals surface area (Å²) in [6.07, 6.45) is 0. The average molecular weight is 469 g/mol. The van der Waals surface area contributed by atoms with Gasteiger partial charge in [-0.2, -0.15) is 0 Å². The first-order valence-corrected chi connectivity index (χ1v) is 10.8. The molecule has 2 aromatic carbocycles. The fraction of sp³-hybridized carbons (Fsp3) is 0.182. The molecule has 0 amide bonds. The molecule has 0 saturated carbocycles. The number of hydroxylamine groups is 1. The van der Waals surface area contributed by atoms with Gasteiger partial charge in [0.1, 0.15) is 11.5 Å². The van der Waals surface area contributed by atoms with Crippen LogP contribution in [0.25, 0.3) is 21.5 Å². The van der Waals surface area contributed by atoms with Gasteiger partial charge in [0.25, 0.3) is 0 Å². The van der Waals surface area contributed by atoms with E-state index >= 15 is 0 Å². The number of thiazole rings is 1. The van der Waals surface area contributed by atoms with Gasteiger partial charge in [0, 0.05) is 17.3 Å². The van der Waals surface area contributed by atoms with E-state index in [9.17, 15) is 19.5 Å². The smallest absolute Gasteiger partial charge is 0.328 e. The number of nitrogens with one attached hydrogen (secondary N) is 2. The van der Waals surface area contributed by atoms with Gasteiger partial charge in [-0.25, -0.2) is 24.6 Å². The lowest BCUT2D eigenvalue weighted by molar-refractivity contribution is -0.139. The molecule has 0 radical (unpaired) electrons. The highest BCUT2D eigenvalue weighted by atomic mass is 32.1. The third-order valence-corrected chi connectivity index (χ3v) is 5.72. The third-order valence-electron chi connectivity index (χ3n) is 4.78. The van der Waals surface area contributed by atoms with Gasteiger partial charge in [0.05, 0.1) is 10.2 Å². The molecule has 9 nitrogen and oxygen atoms in total. The van der Waals surface area contributed by atoms with E-state index in [1.165, 1.54) is 23.5 Å². The van der Waals surface area contributed by atoms with Crippen LogP contribution < -0.4 is 10.8 Å². The van der Waals surface area contributed by atoms with Crippen molar-refractivity contribution in [3.63, 3.8) is 0 Å². The number of anilines is 2. The standard InChI is InChI=1S/C22H20FN5O4S/c1-11(2)19(21(29)30)26-20(27-31)17-10-16(28-32-17)12-3-6-14(7-4-12)24-22-25-15-8-5-13(23)9-18(15)33-22/h3-11,19,31H,1-2H3,(H,24,25)(H,26,27)(H,29,30)/t19-/m1/s1. The van der Waals surface area contributed by atoms with Gasteiger partial charge in [-0.05, 0) is 36.2 Å². The van der Waals surface area contributed by atoms with Crippen molar-refractivity contribution in [3.8, 4) is 11.3 Å². The van der Waals surface area contributed by atoms with Gasteiger partial charge in [-0.3, -0.25) is 5.21 Å². The minimum atomic E-state index is -1.11. The summed E-state index contributed by atoms with van der Waals surface area (Å²) in [4.78, 5) is 19.9. The monoisotopic (exact) mass is 469 g/mol. The normalized spacial score (nSPS) is 12.8. The highest BCUT2D eigenvalue weighted by molar-refractivity contribution is 7.22. The van der Waals surface area contributed by atoms with Crippen LogP contribution in [0, 0.1) is 11.7 Å². The number of aromatic nitrogens is 2. The Kier molecular flexibility index (Phi) is 6.33. The Balaban J connectivity index is 1.51. The van der Waals surface area contributed by atoms with Crippen LogP contribution in [0.1, 0.15) is 19.6 Å². The van der Waals surface area contributed by atoms with Gasteiger partial charge >= 0.3 is 5.97 Å². The van der Waals surface area contributed by atoms with Crippen molar-refractivity contribution in [3.05, 3.63) is 60.1 Å². The maximum atomic E-state index is 13.4. The SMILES string of the molecule is CC(C)[C@@H](N=C(NO)c1cc(-c2ccc(Nc3nc4ccc(F)cc4s3)cc2)no1)C(=O)O. The van der Waals surface area contributed by atoms with Crippen molar-refractivity contribution < 1.29 is 24.0 Å². The molecule has 4 N–H and O–H groups in total. The highest BCUT2D eigenvalue weighted by Crippen LogP contribution is 2.30. The molecular weight excluding hydrogens is 449 g/mol. The number of aliphatic carboxylic acids is 1. The maximum Gasteiger partial charge on any atom is 0.328 e. The molecule has 0 fully saturated rings. The van der Waals surface area contributed by atoms with E-state index in [0.29, 0.717) is 16.3 Å². The Morgan fingerprint density at radius 3 is 2.61 bits per heavy atom. The van der Waals surface area contributed by atoms with Crippen LogP contribution in [-0.2, 0) is 4.79 Å². The Hall–Kier alpha value is -3.83. The van der Waals surface area contributed by atoms with E-state index in [-0.39, 0.29) is 23.3 Å². The first kappa shape index (κ1) is 22.4. The molecular formula is C22H20FN5O4S. The summed E-state index contributed by atoms with van der Waals surface area (Å²) in [6, 6.07) is 12.2. The molecule has 2 heterocycles. The minimum absolute atomic E-state index is 0.100. The molecule has 33 heavy (non-hydrogen) atoms. The Bertz CT molecular complexity index is 1320. The summed E-state index contributed by atoms with van der Waals surface area (Å²) in [5.74, 6) is -1.73. The van der Waals surface area contributed by atoms with E-state index in [4.69, 9.17) is 4.52 Å². The predicted octanol–water partition coefficient (Wildman–Crippen LogP) is 4.67. The first-order valence-electron chi connectivity index (χ1n) is 9.95. The number of hydrogen-bond donors (Lipinski definition) is 4. The molecule has 0 spiro atoms. The molecule has 4 rings (SSSR count). The summed E-state index contributed by atoms with van der Waals surface area (Å²) in [5, 5.41) is 26.5. The molecule has 0 bridgehead atoms. The summed E-state index contributed by atoms with van der Waals surface area (Å²) in [6.45, 7) is 3.43. The summed E-state index contributed by atoms with van der Waals surface area (Å²) >= 11 is 1.35. The number of carboxylic acids is 1. The largest absolute Gasteiger partial charge is 0.480 e. The molecule has 170 valence electrons. The second kappa shape index (κ2) is 9.35. The number of carbonyl (C=O) groups is 1. The number of fused-ring (bicyclic) bond motifs is 1. The van der Waals surface area contributed by atoms with Gasteiger partial charge in [-0.15, -0.1) is 0 Å². The van der Waals surface area contributed by atoms with Crippen LogP contribution in [0.4, 0.5) is 15.2 Å². The molecule has 0 aliphatic rings. The van der Waals surface area contributed by atoms with Crippen LogP contribution in [0.2, 0.25) is 0 Å². The van der Waals surface area contributed by atoms with Crippen LogP contribution in [0.5, 0.6) is 0 Å². The Labute approximate surface area is 191 Å². The molecule has 0 saturated heterocycles. The molecule has 0 aliphatic carbocycles. The van der Waals surface area contributed by atoms with Gasteiger partial charge in [0.2, 0.25) is 5.76 Å². The number of carboxylic acid groups (broad SMARTS) is 1. The highest BCUT2D eigenvalue weighted by Gasteiger charge is 2.23. The number of benzene rings is 2. The topological polar surface area (TPSA) is 133 Å². The zero-order chi connectivity index (χ0) is 23.5. The van der Waals surface area contributed by atoms with Gasteiger partial charge in [0.15, 0.2) is 17.0 Å². The fourth-order valence-corrected chi connectivity index (χ4v) is 4.01. The first-order chi connectivity index (χ1) is 15.8. The van der Waals surface area contributed by atoms with Crippen LogP contribution in [0.3, 0.4) is 0 Å². The second-order valence-electron chi connectivity index (χ2n) is 7.53. The lowest BCUT2D eigenvalue weighted by Crippen LogP contribution is -2.29. The van der Waals surface area contributed by atoms with Crippen molar-refractivity contribution in [1.29, 1.82) is 0 Å². The number of aliphatic imine (C=N–C) groups is 1. The molecule has 2 aromatic heterocycles. The van der Waals surface area contributed by atoms with Crippen LogP contribution >= 0.6 is 11.3 Å². The van der Waals surface area contributed by atoms with Crippen molar-refractivity contribution >= 4 is 44.2 Å². The van der Waals surface area contributed by atoms with Crippen molar-refractivity contribution in [1.82, 2.24) is 15.6 Å². The maximum absolute atomic E-state index is 13.4. The Morgan fingerprint density at radius 2 is 1.94 bits per heavy atom. The molecule has 0 aliphatic heterocycles. The summed E-state index contributed by atoms with van der Waals surface area (Å²) < 4.78 is 19.4. The van der Waals surface area contributed by atoms with E-state index < -0.39 is 12.0 Å². The zero-order valence-electron chi connectivity index (χ0n) is 17.6. The fourth-order valence-electron chi connectivity index (χ4n) is 3.10. The number of rotatable bonds is 7. The number of nitrogens with zero attached hydrogens (tertiary/aromatic N) is 3. The molecule has 0 unspecified atom stereocenters. The zero-order valence-corrected chi connectivity index (χ0v) is 18.4. The number of halogens is 1. The van der Waals surface area contributed by atoms with E-state index in [0.717, 1.165) is 16.0 Å². The number of amidine groups is 1. The van der Waals surface area contributed by atoms with Crippen LogP contribution in [-0.4, -0.2) is 38.3 Å².